The molecule has 0 spiro atoms. The maximum Gasteiger partial charge on any atom is 0.124 e. The fourth-order valence-electron chi connectivity index (χ4n) is 1.95. The summed E-state index contributed by atoms with van der Waals surface area (Å²) in [5.74, 6) is 0.271. The first kappa shape index (κ1) is 19.7. The van der Waals surface area contributed by atoms with E-state index in [0.717, 1.165) is 22.5 Å². The first-order chi connectivity index (χ1) is 11.2. The fourth-order valence-corrected chi connectivity index (χ4v) is 1.95. The summed E-state index contributed by atoms with van der Waals surface area (Å²) in [5, 5.41) is 9.15. The van der Waals surface area contributed by atoms with Gasteiger partial charge in [0.25, 0.3) is 0 Å². The predicted molar refractivity (Wildman–Crippen MR) is 92.7 cm³/mol. The Morgan fingerprint density at radius 3 is 2.38 bits per heavy atom. The molecule has 0 bridgehead atoms. The summed E-state index contributed by atoms with van der Waals surface area (Å²) >= 11 is 0. The van der Waals surface area contributed by atoms with Crippen molar-refractivity contribution in [3.63, 3.8) is 0 Å². The van der Waals surface area contributed by atoms with Crippen molar-refractivity contribution >= 4 is 6.21 Å². The number of aromatic hydroxyl groups is 1. The molecule has 0 aliphatic carbocycles. The van der Waals surface area contributed by atoms with Gasteiger partial charge in [0.05, 0.1) is 0 Å². The van der Waals surface area contributed by atoms with Crippen molar-refractivity contribution in [2.24, 2.45) is 4.99 Å². The zero-order chi connectivity index (χ0) is 16.5. The summed E-state index contributed by atoms with van der Waals surface area (Å²) in [5.41, 5.74) is 3.59. The van der Waals surface area contributed by atoms with Crippen LogP contribution in [0, 0.1) is 13.0 Å². The predicted octanol–water partition coefficient (Wildman–Crippen LogP) is 3.69. The molecule has 0 atom stereocenters. The average Bonchev–Trinajstić information content (AvgIpc) is 2.59. The molecule has 0 aliphatic heterocycles. The van der Waals surface area contributed by atoms with Gasteiger partial charge in [0, 0.05) is 62.7 Å². The number of rotatable bonds is 2. The topological polar surface area (TPSA) is 58.4 Å². The number of phenolic OH excluding ortho intramolecular Hbond substituents is 1. The van der Waals surface area contributed by atoms with Crippen LogP contribution >= 0.6 is 0 Å². The molecule has 1 N–H and O–H groups in total. The summed E-state index contributed by atoms with van der Waals surface area (Å²) in [4.78, 5) is 12.2. The van der Waals surface area contributed by atoms with Gasteiger partial charge in [0.2, 0.25) is 0 Å². The molecular weight excluding hydrogens is 478 g/mol. The zero-order valence-corrected chi connectivity index (χ0v) is 15.9. The van der Waals surface area contributed by atoms with Gasteiger partial charge in [0.1, 0.15) is 5.75 Å². The van der Waals surface area contributed by atoms with Gasteiger partial charge < -0.3 is 10.1 Å². The van der Waals surface area contributed by atoms with Crippen LogP contribution in [0.3, 0.4) is 0 Å². The number of aryl methyl sites for hydroxylation is 1. The normalized spacial score (nSPS) is 9.75. The van der Waals surface area contributed by atoms with Crippen molar-refractivity contribution in [1.29, 1.82) is 0 Å². The van der Waals surface area contributed by atoms with Gasteiger partial charge in [0.15, 0.2) is 0 Å². The van der Waals surface area contributed by atoms with Crippen LogP contribution in [-0.4, -0.2) is 28.3 Å². The number of hydrogen-bond donors (Lipinski definition) is 1. The van der Waals surface area contributed by atoms with E-state index in [1.807, 2.05) is 43.3 Å². The molecule has 1 radical (unpaired) electrons. The number of para-hydroxylation sites is 1. The summed E-state index contributed by atoms with van der Waals surface area (Å²) in [7, 11) is 1.67. The summed E-state index contributed by atoms with van der Waals surface area (Å²) < 4.78 is 0. The smallest absolute Gasteiger partial charge is 0.124 e. The van der Waals surface area contributed by atoms with E-state index in [2.05, 4.69) is 21.0 Å². The second kappa shape index (κ2) is 10.4. The SMILES string of the molecule is CN=Cc1ccccc1O.Cc1nccnc1-c1[c-]cccc1.[Ir]. The van der Waals surface area contributed by atoms with Crippen LogP contribution in [0.2, 0.25) is 0 Å². The molecule has 0 aliphatic rings. The van der Waals surface area contributed by atoms with Gasteiger partial charge in [-0.2, -0.15) is 0 Å². The Bertz CT molecular complexity index is 776. The van der Waals surface area contributed by atoms with Gasteiger partial charge in [-0.1, -0.05) is 12.1 Å². The van der Waals surface area contributed by atoms with Crippen molar-refractivity contribution < 1.29 is 25.2 Å². The van der Waals surface area contributed by atoms with Gasteiger partial charge in [-0.15, -0.1) is 35.9 Å². The second-order valence-electron chi connectivity index (χ2n) is 4.71. The molecule has 0 fully saturated rings. The van der Waals surface area contributed by atoms with Crippen LogP contribution in [0.4, 0.5) is 0 Å². The molecule has 0 saturated carbocycles. The molecule has 2 aromatic carbocycles. The van der Waals surface area contributed by atoms with E-state index in [1.54, 1.807) is 37.8 Å². The minimum atomic E-state index is 0. The van der Waals surface area contributed by atoms with Gasteiger partial charge in [-0.25, -0.2) is 0 Å². The Balaban J connectivity index is 0.000000238. The number of aliphatic imine (C=N–C) groups is 1. The maximum absolute atomic E-state index is 9.15. The standard InChI is InChI=1S/C11H9N2.C8H9NO.Ir/c1-9-11(13-8-7-12-9)10-5-3-2-4-6-10;1-9-6-7-4-2-3-5-8(7)10;/h2-5,7-8H,1H3;2-6,10H,1H3;/q-1;;. The third kappa shape index (κ3) is 5.69. The molecule has 4 nitrogen and oxygen atoms in total. The third-order valence-corrected chi connectivity index (χ3v) is 3.05. The average molecular weight is 497 g/mol. The molecule has 3 rings (SSSR count). The van der Waals surface area contributed by atoms with E-state index in [4.69, 9.17) is 5.11 Å². The number of nitrogens with zero attached hydrogens (tertiary/aromatic N) is 3. The number of hydrogen-bond acceptors (Lipinski definition) is 4. The van der Waals surface area contributed by atoms with E-state index in [1.165, 1.54) is 0 Å². The monoisotopic (exact) mass is 497 g/mol. The molecule has 0 unspecified atom stereocenters. The number of phenols is 1. The molecule has 1 aromatic heterocycles. The van der Waals surface area contributed by atoms with E-state index in [-0.39, 0.29) is 25.9 Å². The Kier molecular flexibility index (Phi) is 8.55. The Morgan fingerprint density at radius 2 is 1.75 bits per heavy atom. The largest absolute Gasteiger partial charge is 0.507 e. The minimum absolute atomic E-state index is 0. The molecule has 5 heteroatoms. The fraction of sp³-hybridized carbons (Fsp3) is 0.105. The van der Waals surface area contributed by atoms with Crippen molar-refractivity contribution in [3.05, 3.63) is 78.2 Å². The Hall–Kier alpha value is -2.36. The molecule has 0 saturated heterocycles. The zero-order valence-electron chi connectivity index (χ0n) is 13.5. The maximum atomic E-state index is 9.15. The molecule has 3 aromatic rings. The number of benzene rings is 2. The first-order valence-electron chi connectivity index (χ1n) is 7.17. The van der Waals surface area contributed by atoms with Crippen molar-refractivity contribution in [3.8, 4) is 17.0 Å². The molecular formula is C19H18IrN3O-. The van der Waals surface area contributed by atoms with E-state index >= 15 is 0 Å². The Labute approximate surface area is 155 Å². The quantitative estimate of drug-likeness (QED) is 0.435. The van der Waals surface area contributed by atoms with Crippen LogP contribution in [0.25, 0.3) is 11.3 Å². The first-order valence-corrected chi connectivity index (χ1v) is 7.17. The summed E-state index contributed by atoms with van der Waals surface area (Å²) in [6.45, 7) is 1.95. The van der Waals surface area contributed by atoms with Crippen molar-refractivity contribution in [1.82, 2.24) is 9.97 Å². The summed E-state index contributed by atoms with van der Waals surface area (Å²) in [6.07, 6.45) is 5.01. The van der Waals surface area contributed by atoms with Crippen LogP contribution in [-0.2, 0) is 20.1 Å². The van der Waals surface area contributed by atoms with Crippen LogP contribution < -0.4 is 0 Å². The molecule has 24 heavy (non-hydrogen) atoms. The van der Waals surface area contributed by atoms with Gasteiger partial charge in [-0.3, -0.25) is 9.98 Å². The van der Waals surface area contributed by atoms with Gasteiger partial charge in [-0.05, 0) is 19.1 Å². The molecule has 125 valence electrons. The van der Waals surface area contributed by atoms with E-state index < -0.39 is 0 Å². The van der Waals surface area contributed by atoms with Gasteiger partial charge >= 0.3 is 0 Å². The van der Waals surface area contributed by atoms with Crippen LogP contribution in [0.5, 0.6) is 5.75 Å². The van der Waals surface area contributed by atoms with Crippen LogP contribution in [0.1, 0.15) is 11.3 Å². The second-order valence-corrected chi connectivity index (χ2v) is 4.71. The van der Waals surface area contributed by atoms with E-state index in [0.29, 0.717) is 0 Å². The number of aromatic nitrogens is 2. The van der Waals surface area contributed by atoms with Crippen LogP contribution in [0.15, 0.2) is 65.9 Å². The third-order valence-electron chi connectivity index (χ3n) is 3.05. The summed E-state index contributed by atoms with van der Waals surface area (Å²) in [6, 6.07) is 18.0. The van der Waals surface area contributed by atoms with Crippen molar-refractivity contribution in [2.75, 3.05) is 7.05 Å². The molecule has 1 heterocycles. The molecule has 0 amide bonds. The van der Waals surface area contributed by atoms with Crippen molar-refractivity contribution in [2.45, 2.75) is 6.92 Å². The Morgan fingerprint density at radius 1 is 1.04 bits per heavy atom. The minimum Gasteiger partial charge on any atom is -0.507 e. The van der Waals surface area contributed by atoms with E-state index in [9.17, 15) is 0 Å².